The van der Waals surface area contributed by atoms with Crippen molar-refractivity contribution in [2.75, 3.05) is 6.61 Å². The zero-order valence-corrected chi connectivity index (χ0v) is 40.9. The van der Waals surface area contributed by atoms with Crippen LogP contribution in [0.5, 0.6) is 0 Å². The molecule has 3 unspecified atom stereocenters. The van der Waals surface area contributed by atoms with Gasteiger partial charge in [0, 0.05) is 6.42 Å². The summed E-state index contributed by atoms with van der Waals surface area (Å²) < 4.78 is 5.86. The number of aliphatic hydroxyl groups is 2. The zero-order chi connectivity index (χ0) is 45.9. The summed E-state index contributed by atoms with van der Waals surface area (Å²) >= 11 is 0. The SMILES string of the molecule is CC/C=C/C=C/C=C\CCCCCC(CC(=O)NC(CO)C(O)CCCCCCCCCCCCCCCCCCC)OC(=O)CC/C=C/C/C=C/C/C=C/C/C=C/C/C=C/CC. The molecule has 0 aromatic rings. The highest BCUT2D eigenvalue weighted by Gasteiger charge is 2.24. The number of aliphatic hydroxyl groups excluding tert-OH is 2. The topological polar surface area (TPSA) is 95.9 Å². The predicted octanol–water partition coefficient (Wildman–Crippen LogP) is 15.7. The van der Waals surface area contributed by atoms with Crippen molar-refractivity contribution in [3.63, 3.8) is 0 Å². The van der Waals surface area contributed by atoms with Crippen LogP contribution in [0.3, 0.4) is 0 Å². The maximum Gasteiger partial charge on any atom is 0.306 e. The monoisotopic (exact) mass is 876 g/mol. The molecule has 6 nitrogen and oxygen atoms in total. The molecule has 0 radical (unpaired) electrons. The number of hydrogen-bond acceptors (Lipinski definition) is 5. The van der Waals surface area contributed by atoms with Crippen LogP contribution in [0.15, 0.2) is 97.2 Å². The minimum Gasteiger partial charge on any atom is -0.462 e. The molecule has 360 valence electrons. The first-order valence-corrected chi connectivity index (χ1v) is 26.0. The molecule has 0 aliphatic heterocycles. The third kappa shape index (κ3) is 45.2. The summed E-state index contributed by atoms with van der Waals surface area (Å²) in [4.78, 5) is 26.1. The maximum absolute atomic E-state index is 13.2. The molecule has 0 bridgehead atoms. The van der Waals surface area contributed by atoms with E-state index in [-0.39, 0.29) is 31.3 Å². The van der Waals surface area contributed by atoms with E-state index in [2.05, 4.69) is 105 Å². The quantitative estimate of drug-likeness (QED) is 0.0245. The van der Waals surface area contributed by atoms with E-state index in [1.54, 1.807) is 0 Å². The summed E-state index contributed by atoms with van der Waals surface area (Å²) in [6.45, 7) is 6.21. The fourth-order valence-electron chi connectivity index (χ4n) is 7.36. The highest BCUT2D eigenvalue weighted by Crippen LogP contribution is 2.17. The van der Waals surface area contributed by atoms with Crippen LogP contribution in [0.25, 0.3) is 0 Å². The number of carbonyl (C=O) groups is 2. The Hall–Kier alpha value is -3.22. The largest absolute Gasteiger partial charge is 0.462 e. The number of carbonyl (C=O) groups excluding carboxylic acids is 2. The second-order valence-corrected chi connectivity index (χ2v) is 17.2. The number of rotatable bonds is 45. The number of ether oxygens (including phenoxy) is 1. The van der Waals surface area contributed by atoms with Crippen LogP contribution in [0.2, 0.25) is 0 Å². The Morgan fingerprint density at radius 3 is 1.44 bits per heavy atom. The van der Waals surface area contributed by atoms with Gasteiger partial charge in [-0.3, -0.25) is 9.59 Å². The zero-order valence-electron chi connectivity index (χ0n) is 40.9. The van der Waals surface area contributed by atoms with Gasteiger partial charge in [0.1, 0.15) is 6.10 Å². The minimum atomic E-state index is -0.815. The fourth-order valence-corrected chi connectivity index (χ4v) is 7.36. The van der Waals surface area contributed by atoms with Crippen molar-refractivity contribution in [1.29, 1.82) is 0 Å². The summed E-state index contributed by atoms with van der Waals surface area (Å²) in [5.74, 6) is -0.615. The molecular weight excluding hydrogens is 779 g/mol. The predicted molar refractivity (Wildman–Crippen MR) is 273 cm³/mol. The summed E-state index contributed by atoms with van der Waals surface area (Å²) in [6, 6.07) is -0.733. The van der Waals surface area contributed by atoms with E-state index < -0.39 is 18.2 Å². The van der Waals surface area contributed by atoms with Crippen molar-refractivity contribution < 1.29 is 24.5 Å². The molecule has 0 saturated carbocycles. The van der Waals surface area contributed by atoms with Crippen molar-refractivity contribution in [3.8, 4) is 0 Å². The molecule has 1 amide bonds. The van der Waals surface area contributed by atoms with Gasteiger partial charge >= 0.3 is 5.97 Å². The van der Waals surface area contributed by atoms with Crippen molar-refractivity contribution in [3.05, 3.63) is 97.2 Å². The Balaban J connectivity index is 4.63. The van der Waals surface area contributed by atoms with Gasteiger partial charge in [0.2, 0.25) is 5.91 Å². The fraction of sp³-hybridized carbons (Fsp3) is 0.684. The van der Waals surface area contributed by atoms with E-state index >= 15 is 0 Å². The lowest BCUT2D eigenvalue weighted by Crippen LogP contribution is -2.46. The number of unbranched alkanes of at least 4 members (excludes halogenated alkanes) is 19. The second kappa shape index (κ2) is 49.8. The van der Waals surface area contributed by atoms with Crippen molar-refractivity contribution in [2.24, 2.45) is 0 Å². The van der Waals surface area contributed by atoms with Gasteiger partial charge in [-0.25, -0.2) is 0 Å². The van der Waals surface area contributed by atoms with Crippen LogP contribution in [0.4, 0.5) is 0 Å². The van der Waals surface area contributed by atoms with Crippen LogP contribution in [-0.2, 0) is 14.3 Å². The average Bonchev–Trinajstić information content (AvgIpc) is 3.28. The number of nitrogens with one attached hydrogen (secondary N) is 1. The van der Waals surface area contributed by atoms with E-state index in [9.17, 15) is 19.8 Å². The Kier molecular flexibility index (Phi) is 47.2. The first-order chi connectivity index (χ1) is 31.0. The van der Waals surface area contributed by atoms with Crippen LogP contribution >= 0.6 is 0 Å². The molecule has 0 spiro atoms. The first kappa shape index (κ1) is 59.8. The molecule has 0 aliphatic rings. The van der Waals surface area contributed by atoms with Gasteiger partial charge in [-0.15, -0.1) is 0 Å². The van der Waals surface area contributed by atoms with E-state index in [4.69, 9.17) is 4.74 Å². The Morgan fingerprint density at radius 1 is 0.492 bits per heavy atom. The smallest absolute Gasteiger partial charge is 0.306 e. The van der Waals surface area contributed by atoms with Crippen molar-refractivity contribution in [1.82, 2.24) is 5.32 Å². The molecule has 3 atom stereocenters. The molecule has 63 heavy (non-hydrogen) atoms. The third-order valence-corrected chi connectivity index (χ3v) is 11.2. The van der Waals surface area contributed by atoms with E-state index in [0.29, 0.717) is 19.3 Å². The Labute approximate surface area is 388 Å². The van der Waals surface area contributed by atoms with Gasteiger partial charge < -0.3 is 20.3 Å². The van der Waals surface area contributed by atoms with Gasteiger partial charge in [0.05, 0.1) is 25.2 Å². The molecule has 0 saturated heterocycles. The highest BCUT2D eigenvalue weighted by atomic mass is 16.5. The number of hydrogen-bond donors (Lipinski definition) is 3. The third-order valence-electron chi connectivity index (χ3n) is 11.2. The molecule has 3 N–H and O–H groups in total. The van der Waals surface area contributed by atoms with E-state index in [1.807, 2.05) is 18.2 Å². The van der Waals surface area contributed by atoms with Gasteiger partial charge in [-0.1, -0.05) is 234 Å². The summed E-state index contributed by atoms with van der Waals surface area (Å²) in [5, 5.41) is 23.8. The summed E-state index contributed by atoms with van der Waals surface area (Å²) in [7, 11) is 0. The lowest BCUT2D eigenvalue weighted by atomic mass is 10.0. The molecule has 0 fully saturated rings. The van der Waals surface area contributed by atoms with Crippen LogP contribution < -0.4 is 5.32 Å². The van der Waals surface area contributed by atoms with Crippen LogP contribution in [0, 0.1) is 0 Å². The molecule has 0 aliphatic carbocycles. The highest BCUT2D eigenvalue weighted by molar-refractivity contribution is 5.77. The molecule has 0 aromatic heterocycles. The molecule has 0 heterocycles. The molecule has 0 rings (SSSR count). The van der Waals surface area contributed by atoms with Crippen molar-refractivity contribution >= 4 is 11.9 Å². The number of amides is 1. The molecule has 0 aromatic carbocycles. The lowest BCUT2D eigenvalue weighted by molar-refractivity contribution is -0.150. The first-order valence-electron chi connectivity index (χ1n) is 26.0. The van der Waals surface area contributed by atoms with E-state index in [0.717, 1.165) is 83.5 Å². The molecular formula is C57H97NO5. The number of esters is 1. The normalized spacial score (nSPS) is 14.0. The Morgan fingerprint density at radius 2 is 0.937 bits per heavy atom. The van der Waals surface area contributed by atoms with Crippen LogP contribution in [0.1, 0.15) is 226 Å². The molecule has 6 heteroatoms. The van der Waals surface area contributed by atoms with E-state index in [1.165, 1.54) is 89.9 Å². The van der Waals surface area contributed by atoms with Gasteiger partial charge in [0.25, 0.3) is 0 Å². The van der Waals surface area contributed by atoms with Crippen molar-refractivity contribution in [2.45, 2.75) is 244 Å². The standard InChI is InChI=1S/C57H97NO5/c1-4-7-10-13-16-19-22-24-26-28-29-31-34-37-40-43-46-49-55(60)54(52-59)58-56(61)51-53(48-45-42-39-36-33-21-18-15-12-9-6-3)63-57(62)50-47-44-41-38-35-32-30-27-25-23-20-17-14-11-8-5-2/h8-9,11-12,15,17-18,20-21,25,27,32-33,35,41,44,53-55,59-60H,4-7,10,13-14,16,19,22-24,26,28-31,34,36-40,42-43,45-52H2,1-3H3,(H,58,61)/b11-8+,12-9+,18-15+,20-17+,27-25+,33-21-,35-32+,44-41+. The average molecular weight is 876 g/mol. The lowest BCUT2D eigenvalue weighted by Gasteiger charge is -2.24. The van der Waals surface area contributed by atoms with Gasteiger partial charge in [-0.2, -0.15) is 0 Å². The second-order valence-electron chi connectivity index (χ2n) is 17.2. The summed E-state index contributed by atoms with van der Waals surface area (Å²) in [6.07, 6.45) is 66.3. The minimum absolute atomic E-state index is 0.0196. The van der Waals surface area contributed by atoms with Crippen LogP contribution in [-0.4, -0.2) is 46.9 Å². The number of allylic oxidation sites excluding steroid dienone is 16. The van der Waals surface area contributed by atoms with Gasteiger partial charge in [-0.05, 0) is 77.0 Å². The van der Waals surface area contributed by atoms with Gasteiger partial charge in [0.15, 0.2) is 0 Å². The Bertz CT molecular complexity index is 1260. The maximum atomic E-state index is 13.2. The summed E-state index contributed by atoms with van der Waals surface area (Å²) in [5.41, 5.74) is 0.